The topological polar surface area (TPSA) is 55.1 Å². The third kappa shape index (κ3) is 5.10. The van der Waals surface area contributed by atoms with E-state index >= 15 is 0 Å². The SMILES string of the molecule is Nc1ccc(CCNC(=O)C=Cc2ccc(F)cc2)cc1. The molecular weight excluding hydrogens is 267 g/mol. The zero-order chi connectivity index (χ0) is 15.1. The van der Waals surface area contributed by atoms with Crippen molar-refractivity contribution in [3.05, 3.63) is 71.6 Å². The number of hydrogen-bond acceptors (Lipinski definition) is 2. The summed E-state index contributed by atoms with van der Waals surface area (Å²) in [5, 5.41) is 2.80. The number of nitrogens with two attached hydrogens (primary N) is 1. The number of amides is 1. The standard InChI is InChI=1S/C17H17FN2O/c18-15-6-1-13(2-7-15)5-10-17(21)20-12-11-14-3-8-16(19)9-4-14/h1-10H,11-12,19H2,(H,20,21). The molecule has 0 aliphatic heterocycles. The summed E-state index contributed by atoms with van der Waals surface area (Å²) in [6.45, 7) is 0.552. The summed E-state index contributed by atoms with van der Waals surface area (Å²) in [6.07, 6.45) is 3.84. The number of carbonyl (C=O) groups excluding carboxylic acids is 1. The molecule has 2 aromatic carbocycles. The van der Waals surface area contributed by atoms with Gasteiger partial charge in [-0.25, -0.2) is 4.39 Å². The number of halogens is 1. The van der Waals surface area contributed by atoms with E-state index in [1.807, 2.05) is 24.3 Å². The Labute approximate surface area is 123 Å². The molecular formula is C17H17FN2O. The molecule has 0 saturated heterocycles. The van der Waals surface area contributed by atoms with Gasteiger partial charge >= 0.3 is 0 Å². The molecule has 21 heavy (non-hydrogen) atoms. The molecule has 0 aliphatic carbocycles. The molecule has 0 aromatic heterocycles. The Morgan fingerprint density at radius 2 is 1.76 bits per heavy atom. The summed E-state index contributed by atoms with van der Waals surface area (Å²) in [4.78, 5) is 11.6. The van der Waals surface area contributed by atoms with Crippen LogP contribution in [0, 0.1) is 5.82 Å². The molecule has 0 radical (unpaired) electrons. The number of nitrogen functional groups attached to an aromatic ring is 1. The lowest BCUT2D eigenvalue weighted by Crippen LogP contribution is -2.23. The molecule has 108 valence electrons. The Bertz CT molecular complexity index is 618. The molecule has 0 heterocycles. The maximum atomic E-state index is 12.7. The van der Waals surface area contributed by atoms with Crippen LogP contribution in [0.5, 0.6) is 0 Å². The van der Waals surface area contributed by atoms with Crippen LogP contribution in [0.2, 0.25) is 0 Å². The number of hydrogen-bond donors (Lipinski definition) is 2. The summed E-state index contributed by atoms with van der Waals surface area (Å²) < 4.78 is 12.7. The fourth-order valence-electron chi connectivity index (χ4n) is 1.82. The molecule has 0 aliphatic rings. The number of carbonyl (C=O) groups is 1. The van der Waals surface area contributed by atoms with E-state index in [2.05, 4.69) is 5.32 Å². The van der Waals surface area contributed by atoms with Gasteiger partial charge in [0.25, 0.3) is 0 Å². The van der Waals surface area contributed by atoms with Crippen LogP contribution in [0.4, 0.5) is 10.1 Å². The molecule has 1 amide bonds. The fourth-order valence-corrected chi connectivity index (χ4v) is 1.82. The largest absolute Gasteiger partial charge is 0.399 e. The van der Waals surface area contributed by atoms with E-state index in [1.54, 1.807) is 18.2 Å². The van der Waals surface area contributed by atoms with Crippen LogP contribution in [0.25, 0.3) is 6.08 Å². The van der Waals surface area contributed by atoms with Crippen LogP contribution in [0.3, 0.4) is 0 Å². The van der Waals surface area contributed by atoms with Crippen LogP contribution in [0.15, 0.2) is 54.6 Å². The van der Waals surface area contributed by atoms with Gasteiger partial charge in [-0.3, -0.25) is 4.79 Å². The monoisotopic (exact) mass is 284 g/mol. The summed E-state index contributed by atoms with van der Waals surface area (Å²) in [5.41, 5.74) is 8.23. The van der Waals surface area contributed by atoms with E-state index in [0.717, 1.165) is 23.2 Å². The van der Waals surface area contributed by atoms with Crippen molar-refractivity contribution < 1.29 is 9.18 Å². The Balaban J connectivity index is 1.77. The van der Waals surface area contributed by atoms with Crippen molar-refractivity contribution in [2.45, 2.75) is 6.42 Å². The van der Waals surface area contributed by atoms with E-state index in [-0.39, 0.29) is 11.7 Å². The summed E-state index contributed by atoms with van der Waals surface area (Å²) in [5.74, 6) is -0.463. The second kappa shape index (κ2) is 7.24. The molecule has 3 nitrogen and oxygen atoms in total. The summed E-state index contributed by atoms with van der Waals surface area (Å²) >= 11 is 0. The zero-order valence-corrected chi connectivity index (χ0v) is 11.6. The smallest absolute Gasteiger partial charge is 0.244 e. The van der Waals surface area contributed by atoms with Crippen LogP contribution < -0.4 is 11.1 Å². The molecule has 4 heteroatoms. The van der Waals surface area contributed by atoms with E-state index in [9.17, 15) is 9.18 Å². The minimum atomic E-state index is -0.292. The van der Waals surface area contributed by atoms with Gasteiger partial charge in [0.05, 0.1) is 0 Å². The van der Waals surface area contributed by atoms with E-state index in [1.165, 1.54) is 18.2 Å². The Morgan fingerprint density at radius 1 is 1.10 bits per heavy atom. The quantitative estimate of drug-likeness (QED) is 0.655. The number of anilines is 1. The molecule has 0 unspecified atom stereocenters. The highest BCUT2D eigenvalue weighted by atomic mass is 19.1. The molecule has 0 spiro atoms. The van der Waals surface area contributed by atoms with Gasteiger partial charge in [0.2, 0.25) is 5.91 Å². The van der Waals surface area contributed by atoms with Crippen molar-refractivity contribution in [3.8, 4) is 0 Å². The first-order chi connectivity index (χ1) is 10.1. The van der Waals surface area contributed by atoms with Crippen molar-refractivity contribution in [2.24, 2.45) is 0 Å². The zero-order valence-electron chi connectivity index (χ0n) is 11.6. The summed E-state index contributed by atoms with van der Waals surface area (Å²) in [7, 11) is 0. The lowest BCUT2D eigenvalue weighted by molar-refractivity contribution is -0.116. The average Bonchev–Trinajstić information content (AvgIpc) is 2.49. The molecule has 0 saturated carbocycles. The highest BCUT2D eigenvalue weighted by Gasteiger charge is 1.97. The maximum Gasteiger partial charge on any atom is 0.244 e. The predicted molar refractivity (Wildman–Crippen MR) is 83.0 cm³/mol. The molecule has 2 rings (SSSR count). The van der Waals surface area contributed by atoms with Gasteiger partial charge in [-0.1, -0.05) is 24.3 Å². The minimum Gasteiger partial charge on any atom is -0.399 e. The molecule has 3 N–H and O–H groups in total. The van der Waals surface area contributed by atoms with Crippen molar-refractivity contribution in [3.63, 3.8) is 0 Å². The van der Waals surface area contributed by atoms with Crippen LogP contribution >= 0.6 is 0 Å². The Kier molecular flexibility index (Phi) is 5.10. The highest BCUT2D eigenvalue weighted by molar-refractivity contribution is 5.91. The third-order valence-corrected chi connectivity index (χ3v) is 2.99. The van der Waals surface area contributed by atoms with Crippen molar-refractivity contribution in [1.29, 1.82) is 0 Å². The first kappa shape index (κ1) is 14.8. The van der Waals surface area contributed by atoms with E-state index in [4.69, 9.17) is 5.73 Å². The molecule has 2 aromatic rings. The van der Waals surface area contributed by atoms with Gasteiger partial charge in [0.15, 0.2) is 0 Å². The van der Waals surface area contributed by atoms with Gasteiger partial charge in [0, 0.05) is 18.3 Å². The molecule has 0 bridgehead atoms. The van der Waals surface area contributed by atoms with Crippen LogP contribution in [-0.2, 0) is 11.2 Å². The molecule has 0 atom stereocenters. The predicted octanol–water partition coefficient (Wildman–Crippen LogP) is 2.78. The van der Waals surface area contributed by atoms with Crippen LogP contribution in [-0.4, -0.2) is 12.5 Å². The van der Waals surface area contributed by atoms with Gasteiger partial charge in [-0.05, 0) is 47.9 Å². The summed E-state index contributed by atoms with van der Waals surface area (Å²) in [6, 6.07) is 13.5. The number of benzene rings is 2. The van der Waals surface area contributed by atoms with Gasteiger partial charge < -0.3 is 11.1 Å². The molecule has 0 fully saturated rings. The van der Waals surface area contributed by atoms with Crippen molar-refractivity contribution in [1.82, 2.24) is 5.32 Å². The minimum absolute atomic E-state index is 0.172. The van der Waals surface area contributed by atoms with Crippen LogP contribution in [0.1, 0.15) is 11.1 Å². The average molecular weight is 284 g/mol. The van der Waals surface area contributed by atoms with Gasteiger partial charge in [0.1, 0.15) is 5.82 Å². The second-order valence-corrected chi connectivity index (χ2v) is 4.67. The lowest BCUT2D eigenvalue weighted by Gasteiger charge is -2.03. The third-order valence-electron chi connectivity index (χ3n) is 2.99. The second-order valence-electron chi connectivity index (χ2n) is 4.67. The normalized spacial score (nSPS) is 10.7. The first-order valence-electron chi connectivity index (χ1n) is 6.69. The van der Waals surface area contributed by atoms with E-state index < -0.39 is 0 Å². The Morgan fingerprint density at radius 3 is 2.43 bits per heavy atom. The fraction of sp³-hybridized carbons (Fsp3) is 0.118. The Hall–Kier alpha value is -2.62. The first-order valence-corrected chi connectivity index (χ1v) is 6.69. The number of rotatable bonds is 5. The van der Waals surface area contributed by atoms with Crippen molar-refractivity contribution in [2.75, 3.05) is 12.3 Å². The highest BCUT2D eigenvalue weighted by Crippen LogP contribution is 2.06. The van der Waals surface area contributed by atoms with Gasteiger partial charge in [-0.15, -0.1) is 0 Å². The maximum absolute atomic E-state index is 12.7. The number of nitrogens with one attached hydrogen (secondary N) is 1. The lowest BCUT2D eigenvalue weighted by atomic mass is 10.1. The van der Waals surface area contributed by atoms with E-state index in [0.29, 0.717) is 6.54 Å². The van der Waals surface area contributed by atoms with Gasteiger partial charge in [-0.2, -0.15) is 0 Å². The van der Waals surface area contributed by atoms with Crippen molar-refractivity contribution >= 4 is 17.7 Å².